The minimum absolute atomic E-state index is 0. The van der Waals surface area contributed by atoms with Crippen LogP contribution in [0.5, 0.6) is 0 Å². The third kappa shape index (κ3) is 11.6. The molecule has 142 valence electrons. The minimum Gasteiger partial charge on any atom is -0.460 e. The predicted molar refractivity (Wildman–Crippen MR) is 100 cm³/mol. The van der Waals surface area contributed by atoms with E-state index in [1.807, 2.05) is 51.1 Å². The molecule has 1 rings (SSSR count). The normalized spacial score (nSPS) is 12.0. The van der Waals surface area contributed by atoms with E-state index >= 15 is 0 Å². The lowest BCUT2D eigenvalue weighted by Crippen LogP contribution is -2.32. The number of carbonyl (C=O) groups is 2. The Kier molecular flexibility index (Phi) is 11.1. The molecule has 0 unspecified atom stereocenters. The Morgan fingerprint density at radius 3 is 2.32 bits per heavy atom. The highest BCUT2D eigenvalue weighted by Gasteiger charge is 2.17. The van der Waals surface area contributed by atoms with Gasteiger partial charge in [-0.3, -0.25) is 9.59 Å². The van der Waals surface area contributed by atoms with Gasteiger partial charge in [-0.1, -0.05) is 43.2 Å². The maximum atomic E-state index is 11.8. The first-order valence-electron chi connectivity index (χ1n) is 8.46. The molecule has 0 aromatic heterocycles. The van der Waals surface area contributed by atoms with Gasteiger partial charge >= 0.3 is 11.9 Å². The second-order valence-corrected chi connectivity index (χ2v) is 6.89. The topological polar surface area (TPSA) is 78.6 Å². The van der Waals surface area contributed by atoms with Crippen molar-refractivity contribution in [2.75, 3.05) is 0 Å². The molecule has 0 saturated carbocycles. The summed E-state index contributed by atoms with van der Waals surface area (Å²) in [6.45, 7) is 5.80. The molecule has 25 heavy (non-hydrogen) atoms. The summed E-state index contributed by atoms with van der Waals surface area (Å²) in [4.78, 5) is 23.4. The van der Waals surface area contributed by atoms with Gasteiger partial charge in [0.1, 0.15) is 18.2 Å². The smallest absolute Gasteiger partial charge is 0.323 e. The van der Waals surface area contributed by atoms with E-state index in [1.54, 1.807) is 0 Å². The summed E-state index contributed by atoms with van der Waals surface area (Å²) in [6.07, 6.45) is 3.30. The summed E-state index contributed by atoms with van der Waals surface area (Å²) < 4.78 is 10.4. The fraction of sp³-hybridized carbons (Fsp3) is 0.579. The number of benzene rings is 1. The van der Waals surface area contributed by atoms with E-state index < -0.39 is 11.6 Å². The van der Waals surface area contributed by atoms with Gasteiger partial charge in [0.25, 0.3) is 0 Å². The molecule has 0 aliphatic rings. The summed E-state index contributed by atoms with van der Waals surface area (Å²) in [7, 11) is 0. The summed E-state index contributed by atoms with van der Waals surface area (Å²) in [5.74, 6) is -0.569. The van der Waals surface area contributed by atoms with E-state index in [1.165, 1.54) is 0 Å². The maximum absolute atomic E-state index is 11.8. The molecule has 1 aromatic carbocycles. The number of halogens is 1. The average molecular weight is 372 g/mol. The van der Waals surface area contributed by atoms with Gasteiger partial charge < -0.3 is 15.2 Å². The summed E-state index contributed by atoms with van der Waals surface area (Å²) in [5, 5.41) is 0. The molecule has 0 amide bonds. The molecule has 0 saturated heterocycles. The van der Waals surface area contributed by atoms with Crippen molar-refractivity contribution in [2.45, 2.75) is 71.1 Å². The second-order valence-electron chi connectivity index (χ2n) is 6.89. The van der Waals surface area contributed by atoms with Crippen molar-refractivity contribution < 1.29 is 19.1 Å². The van der Waals surface area contributed by atoms with Crippen LogP contribution in [0.3, 0.4) is 0 Å². The number of unbranched alkanes of at least 4 members (excludes halogenated alkanes) is 2. The van der Waals surface area contributed by atoms with Gasteiger partial charge in [0.05, 0.1) is 0 Å². The predicted octanol–water partition coefficient (Wildman–Crippen LogP) is 3.77. The van der Waals surface area contributed by atoms with Gasteiger partial charge in [-0.15, -0.1) is 12.4 Å². The molecular weight excluding hydrogens is 342 g/mol. The Labute approximate surface area is 156 Å². The molecule has 0 aliphatic heterocycles. The molecule has 6 heteroatoms. The van der Waals surface area contributed by atoms with Crippen LogP contribution in [0, 0.1) is 0 Å². The standard InChI is InChI=1S/C19H29NO4.ClH/c1-19(2,3)24-17(21)13-9-5-8-12-16(20)18(22)23-14-15-10-6-4-7-11-15;/h4,6-7,10-11,16H,5,8-9,12-14,20H2,1-3H3;1H/t16-;/m0./s1. The summed E-state index contributed by atoms with van der Waals surface area (Å²) in [6, 6.07) is 8.89. The van der Waals surface area contributed by atoms with Gasteiger partial charge in [-0.25, -0.2) is 0 Å². The SMILES string of the molecule is CC(C)(C)OC(=O)CCCCC[C@H](N)C(=O)OCc1ccccc1.Cl. The summed E-state index contributed by atoms with van der Waals surface area (Å²) >= 11 is 0. The van der Waals surface area contributed by atoms with Crippen molar-refractivity contribution in [3.8, 4) is 0 Å². The van der Waals surface area contributed by atoms with Gasteiger partial charge in [-0.05, 0) is 39.2 Å². The number of nitrogens with two attached hydrogens (primary N) is 1. The number of rotatable bonds is 9. The highest BCUT2D eigenvalue weighted by atomic mass is 35.5. The first kappa shape index (κ1) is 23.4. The Hall–Kier alpha value is -1.59. The van der Waals surface area contributed by atoms with E-state index in [0.717, 1.165) is 24.8 Å². The number of esters is 2. The van der Waals surface area contributed by atoms with Crippen molar-refractivity contribution in [1.82, 2.24) is 0 Å². The molecule has 0 fully saturated rings. The van der Waals surface area contributed by atoms with Crippen LogP contribution >= 0.6 is 12.4 Å². The van der Waals surface area contributed by atoms with E-state index in [-0.39, 0.29) is 31.0 Å². The van der Waals surface area contributed by atoms with Gasteiger partial charge in [-0.2, -0.15) is 0 Å². The summed E-state index contributed by atoms with van der Waals surface area (Å²) in [5.41, 5.74) is 6.34. The van der Waals surface area contributed by atoms with Crippen LogP contribution in [0.1, 0.15) is 58.4 Å². The van der Waals surface area contributed by atoms with Crippen LogP contribution in [0.25, 0.3) is 0 Å². The van der Waals surface area contributed by atoms with Crippen molar-refractivity contribution in [3.63, 3.8) is 0 Å². The molecule has 5 nitrogen and oxygen atoms in total. The monoisotopic (exact) mass is 371 g/mol. The minimum atomic E-state index is -0.616. The lowest BCUT2D eigenvalue weighted by atomic mass is 10.1. The fourth-order valence-corrected chi connectivity index (χ4v) is 2.16. The molecule has 0 spiro atoms. The number of carbonyl (C=O) groups excluding carboxylic acids is 2. The highest BCUT2D eigenvalue weighted by Crippen LogP contribution is 2.12. The average Bonchev–Trinajstić information content (AvgIpc) is 2.51. The Morgan fingerprint density at radius 2 is 1.72 bits per heavy atom. The first-order valence-corrected chi connectivity index (χ1v) is 8.46. The molecule has 0 bridgehead atoms. The van der Waals surface area contributed by atoms with Gasteiger partial charge in [0.2, 0.25) is 0 Å². The molecule has 1 atom stereocenters. The van der Waals surface area contributed by atoms with Crippen LogP contribution in [0.2, 0.25) is 0 Å². The third-order valence-electron chi connectivity index (χ3n) is 3.34. The molecule has 1 aromatic rings. The molecular formula is C19H30ClNO4. The number of hydrogen-bond donors (Lipinski definition) is 1. The zero-order valence-electron chi connectivity index (χ0n) is 15.3. The quantitative estimate of drug-likeness (QED) is 0.528. The fourth-order valence-electron chi connectivity index (χ4n) is 2.16. The Bertz CT molecular complexity index is 514. The van der Waals surface area contributed by atoms with E-state index in [4.69, 9.17) is 15.2 Å². The van der Waals surface area contributed by atoms with E-state index in [9.17, 15) is 9.59 Å². The molecule has 0 heterocycles. The van der Waals surface area contributed by atoms with Crippen LogP contribution in [-0.4, -0.2) is 23.6 Å². The van der Waals surface area contributed by atoms with Crippen LogP contribution in [0.15, 0.2) is 30.3 Å². The lowest BCUT2D eigenvalue weighted by Gasteiger charge is -2.19. The largest absolute Gasteiger partial charge is 0.460 e. The second kappa shape index (κ2) is 11.9. The van der Waals surface area contributed by atoms with Crippen LogP contribution < -0.4 is 5.73 Å². The Morgan fingerprint density at radius 1 is 1.08 bits per heavy atom. The number of ether oxygens (including phenoxy) is 2. The van der Waals surface area contributed by atoms with Crippen molar-refractivity contribution >= 4 is 24.3 Å². The van der Waals surface area contributed by atoms with Crippen LogP contribution in [0.4, 0.5) is 0 Å². The van der Waals surface area contributed by atoms with Gasteiger partial charge in [0, 0.05) is 6.42 Å². The molecule has 2 N–H and O–H groups in total. The maximum Gasteiger partial charge on any atom is 0.323 e. The highest BCUT2D eigenvalue weighted by molar-refractivity contribution is 5.85. The lowest BCUT2D eigenvalue weighted by molar-refractivity contribution is -0.155. The van der Waals surface area contributed by atoms with E-state index in [2.05, 4.69) is 0 Å². The van der Waals surface area contributed by atoms with Crippen molar-refractivity contribution in [2.24, 2.45) is 5.73 Å². The molecule has 0 aliphatic carbocycles. The van der Waals surface area contributed by atoms with Crippen molar-refractivity contribution in [3.05, 3.63) is 35.9 Å². The van der Waals surface area contributed by atoms with Crippen LogP contribution in [-0.2, 0) is 25.7 Å². The van der Waals surface area contributed by atoms with Crippen molar-refractivity contribution in [1.29, 1.82) is 0 Å². The van der Waals surface area contributed by atoms with Gasteiger partial charge in [0.15, 0.2) is 0 Å². The third-order valence-corrected chi connectivity index (χ3v) is 3.34. The first-order chi connectivity index (χ1) is 11.3. The zero-order valence-corrected chi connectivity index (χ0v) is 16.1. The van der Waals surface area contributed by atoms with E-state index in [0.29, 0.717) is 12.8 Å². The Balaban J connectivity index is 0.00000576. The zero-order chi connectivity index (χ0) is 18.0. The number of hydrogen-bond acceptors (Lipinski definition) is 5. The molecule has 0 radical (unpaired) electrons.